The summed E-state index contributed by atoms with van der Waals surface area (Å²) in [6.45, 7) is 12.6. The van der Waals surface area contributed by atoms with Gasteiger partial charge in [0.25, 0.3) is 0 Å². The highest BCUT2D eigenvalue weighted by molar-refractivity contribution is 5.82. The number of hydrogen-bond donors (Lipinski definition) is 0. The summed E-state index contributed by atoms with van der Waals surface area (Å²) in [5.74, 6) is 1.53. The van der Waals surface area contributed by atoms with Crippen LogP contribution in [-0.2, 0) is 4.79 Å². The Kier molecular flexibility index (Phi) is 4.94. The maximum absolute atomic E-state index is 12.3. The van der Waals surface area contributed by atoms with E-state index in [4.69, 9.17) is 0 Å². The molecule has 20 heavy (non-hydrogen) atoms. The third-order valence-electron chi connectivity index (χ3n) is 5.84. The molecule has 0 aromatic rings. The van der Waals surface area contributed by atoms with E-state index in [1.807, 2.05) is 0 Å². The van der Waals surface area contributed by atoms with Crippen LogP contribution >= 0.6 is 0 Å². The number of Topliss-reactive ketones (excluding diaryl/α,β-unsaturated/α-hetero) is 1. The van der Waals surface area contributed by atoms with Crippen LogP contribution in [0.5, 0.6) is 0 Å². The zero-order chi connectivity index (χ0) is 14.9. The molecule has 0 aromatic carbocycles. The van der Waals surface area contributed by atoms with Crippen molar-refractivity contribution in [3.63, 3.8) is 0 Å². The fraction of sp³-hybridized carbons (Fsp3) is 0.944. The molecule has 0 aromatic heterocycles. The highest BCUT2D eigenvalue weighted by atomic mass is 16.1. The first-order valence-electron chi connectivity index (χ1n) is 8.61. The highest BCUT2D eigenvalue weighted by Gasteiger charge is 2.38. The zero-order valence-corrected chi connectivity index (χ0v) is 14.1. The van der Waals surface area contributed by atoms with Gasteiger partial charge in [0, 0.05) is 31.0 Å². The molecule has 0 bridgehead atoms. The summed E-state index contributed by atoms with van der Waals surface area (Å²) in [6.07, 6.45) is 6.89. The summed E-state index contributed by atoms with van der Waals surface area (Å²) in [5.41, 5.74) is 0.347. The Hall–Kier alpha value is -0.370. The van der Waals surface area contributed by atoms with Crippen LogP contribution in [0.4, 0.5) is 0 Å². The summed E-state index contributed by atoms with van der Waals surface area (Å²) < 4.78 is 0. The van der Waals surface area contributed by atoms with Crippen LogP contribution in [0.15, 0.2) is 0 Å². The van der Waals surface area contributed by atoms with E-state index in [0.717, 1.165) is 25.8 Å². The molecule has 0 N–H and O–H groups in total. The summed E-state index contributed by atoms with van der Waals surface area (Å²) in [4.78, 5) is 15.0. The standard InChI is InChI=1S/C18H33NO/c1-6-16-9-7-13(2)19(16)12-14-11-15(18(3,4)5)8-10-17(14)20/h13-16H,6-12H2,1-5H3. The molecule has 0 radical (unpaired) electrons. The molecule has 1 saturated heterocycles. The number of ketones is 1. The Morgan fingerprint density at radius 2 is 1.90 bits per heavy atom. The Morgan fingerprint density at radius 1 is 1.20 bits per heavy atom. The van der Waals surface area contributed by atoms with Crippen molar-refractivity contribution in [3.05, 3.63) is 0 Å². The molecule has 4 atom stereocenters. The molecular weight excluding hydrogens is 246 g/mol. The van der Waals surface area contributed by atoms with E-state index in [0.29, 0.717) is 35.1 Å². The second-order valence-electron chi connectivity index (χ2n) is 8.19. The van der Waals surface area contributed by atoms with Gasteiger partial charge in [-0.25, -0.2) is 0 Å². The predicted molar refractivity (Wildman–Crippen MR) is 84.8 cm³/mol. The van der Waals surface area contributed by atoms with Gasteiger partial charge in [-0.15, -0.1) is 0 Å². The van der Waals surface area contributed by atoms with E-state index in [2.05, 4.69) is 39.5 Å². The largest absolute Gasteiger partial charge is 0.299 e. The van der Waals surface area contributed by atoms with Crippen LogP contribution in [0, 0.1) is 17.3 Å². The van der Waals surface area contributed by atoms with E-state index < -0.39 is 0 Å². The Balaban J connectivity index is 2.01. The molecular formula is C18H33NO. The van der Waals surface area contributed by atoms with E-state index >= 15 is 0 Å². The van der Waals surface area contributed by atoms with Crippen LogP contribution < -0.4 is 0 Å². The van der Waals surface area contributed by atoms with Gasteiger partial charge in [-0.05, 0) is 50.4 Å². The molecule has 1 heterocycles. The molecule has 2 aliphatic rings. The molecule has 1 aliphatic heterocycles. The van der Waals surface area contributed by atoms with E-state index in [-0.39, 0.29) is 0 Å². The average Bonchev–Trinajstić information content (AvgIpc) is 2.72. The van der Waals surface area contributed by atoms with Gasteiger partial charge < -0.3 is 0 Å². The lowest BCUT2D eigenvalue weighted by atomic mass is 9.68. The van der Waals surface area contributed by atoms with Crippen LogP contribution in [0.2, 0.25) is 0 Å². The van der Waals surface area contributed by atoms with Crippen molar-refractivity contribution in [2.75, 3.05) is 6.54 Å². The van der Waals surface area contributed by atoms with Gasteiger partial charge in [0.1, 0.15) is 5.78 Å². The maximum Gasteiger partial charge on any atom is 0.137 e. The quantitative estimate of drug-likeness (QED) is 0.768. The first-order valence-corrected chi connectivity index (χ1v) is 8.61. The van der Waals surface area contributed by atoms with E-state index in [1.54, 1.807) is 0 Å². The topological polar surface area (TPSA) is 20.3 Å². The molecule has 2 rings (SSSR count). The lowest BCUT2D eigenvalue weighted by Gasteiger charge is -2.39. The lowest BCUT2D eigenvalue weighted by Crippen LogP contribution is -2.43. The van der Waals surface area contributed by atoms with Gasteiger partial charge in [-0.3, -0.25) is 9.69 Å². The van der Waals surface area contributed by atoms with E-state index in [1.165, 1.54) is 19.3 Å². The van der Waals surface area contributed by atoms with Crippen molar-refractivity contribution in [3.8, 4) is 0 Å². The molecule has 2 heteroatoms. The minimum Gasteiger partial charge on any atom is -0.299 e. The lowest BCUT2D eigenvalue weighted by molar-refractivity contribution is -0.127. The smallest absolute Gasteiger partial charge is 0.137 e. The fourth-order valence-corrected chi connectivity index (χ4v) is 4.22. The number of carbonyl (C=O) groups is 1. The average molecular weight is 279 g/mol. The van der Waals surface area contributed by atoms with Gasteiger partial charge in [0.15, 0.2) is 0 Å². The van der Waals surface area contributed by atoms with Crippen LogP contribution in [0.1, 0.15) is 73.1 Å². The Labute approximate surface area is 125 Å². The molecule has 0 amide bonds. The summed E-state index contributed by atoms with van der Waals surface area (Å²) >= 11 is 0. The van der Waals surface area contributed by atoms with E-state index in [9.17, 15) is 4.79 Å². The molecule has 2 fully saturated rings. The second kappa shape index (κ2) is 6.17. The Bertz CT molecular complexity index is 344. The number of rotatable bonds is 3. The number of likely N-dealkylation sites (tertiary alicyclic amines) is 1. The van der Waals surface area contributed by atoms with Gasteiger partial charge in [-0.2, -0.15) is 0 Å². The third-order valence-corrected chi connectivity index (χ3v) is 5.84. The Morgan fingerprint density at radius 3 is 2.50 bits per heavy atom. The van der Waals surface area contributed by atoms with Gasteiger partial charge in [0.05, 0.1) is 0 Å². The van der Waals surface area contributed by atoms with Crippen molar-refractivity contribution in [2.24, 2.45) is 17.3 Å². The molecule has 1 saturated carbocycles. The second-order valence-corrected chi connectivity index (χ2v) is 8.19. The minimum atomic E-state index is 0.294. The number of nitrogens with zero attached hydrogens (tertiary/aromatic N) is 1. The first kappa shape index (κ1) is 16.0. The third kappa shape index (κ3) is 3.44. The predicted octanol–water partition coefficient (Wildman–Crippen LogP) is 4.28. The number of hydrogen-bond acceptors (Lipinski definition) is 2. The van der Waals surface area contributed by atoms with Gasteiger partial charge in [0.2, 0.25) is 0 Å². The van der Waals surface area contributed by atoms with Gasteiger partial charge in [-0.1, -0.05) is 27.7 Å². The number of carbonyl (C=O) groups excluding carboxylic acids is 1. The summed E-state index contributed by atoms with van der Waals surface area (Å²) in [7, 11) is 0. The van der Waals surface area contributed by atoms with Crippen LogP contribution in [0.3, 0.4) is 0 Å². The molecule has 4 unspecified atom stereocenters. The highest BCUT2D eigenvalue weighted by Crippen LogP contribution is 2.40. The van der Waals surface area contributed by atoms with Gasteiger partial charge >= 0.3 is 0 Å². The summed E-state index contributed by atoms with van der Waals surface area (Å²) in [5, 5.41) is 0. The molecule has 1 aliphatic carbocycles. The SMILES string of the molecule is CCC1CCC(C)N1CC1CC(C(C)(C)C)CCC1=O. The minimum absolute atomic E-state index is 0.294. The first-order chi connectivity index (χ1) is 9.32. The molecule has 116 valence electrons. The maximum atomic E-state index is 12.3. The normalized spacial score (nSPS) is 36.5. The van der Waals surface area contributed by atoms with Crippen molar-refractivity contribution in [1.29, 1.82) is 0 Å². The van der Waals surface area contributed by atoms with Crippen molar-refractivity contribution < 1.29 is 4.79 Å². The van der Waals surface area contributed by atoms with Crippen LogP contribution in [-0.4, -0.2) is 29.3 Å². The fourth-order valence-electron chi connectivity index (χ4n) is 4.22. The van der Waals surface area contributed by atoms with Crippen molar-refractivity contribution in [2.45, 2.75) is 85.2 Å². The van der Waals surface area contributed by atoms with Crippen molar-refractivity contribution >= 4 is 5.78 Å². The monoisotopic (exact) mass is 279 g/mol. The summed E-state index contributed by atoms with van der Waals surface area (Å²) in [6, 6.07) is 1.38. The zero-order valence-electron chi connectivity index (χ0n) is 14.1. The van der Waals surface area contributed by atoms with Crippen LogP contribution in [0.25, 0.3) is 0 Å². The van der Waals surface area contributed by atoms with Crippen molar-refractivity contribution in [1.82, 2.24) is 4.90 Å². The molecule has 2 nitrogen and oxygen atoms in total. The molecule has 0 spiro atoms.